The summed E-state index contributed by atoms with van der Waals surface area (Å²) in [6.07, 6.45) is 0.525. The number of nitrogens with zero attached hydrogens (tertiary/aromatic N) is 3. The van der Waals surface area contributed by atoms with Gasteiger partial charge in [0.1, 0.15) is 5.71 Å². The van der Waals surface area contributed by atoms with Crippen molar-refractivity contribution in [3.8, 4) is 0 Å². The van der Waals surface area contributed by atoms with Crippen molar-refractivity contribution in [3.05, 3.63) is 130 Å². The molecule has 4 rings (SSSR count). The quantitative estimate of drug-likeness (QED) is 0.0970. The van der Waals surface area contributed by atoms with Crippen LogP contribution >= 0.6 is 0 Å². The fourth-order valence-corrected chi connectivity index (χ4v) is 4.41. The highest BCUT2D eigenvalue weighted by Gasteiger charge is 2.13. The van der Waals surface area contributed by atoms with E-state index in [9.17, 15) is 14.4 Å². The first-order chi connectivity index (χ1) is 20.1. The van der Waals surface area contributed by atoms with Crippen molar-refractivity contribution >= 4 is 34.6 Å². The number of hydrogen-bond donors (Lipinski definition) is 0. The summed E-state index contributed by atoms with van der Waals surface area (Å²) in [6, 6.07) is 30.0. The van der Waals surface area contributed by atoms with E-state index in [2.05, 4.69) is 5.16 Å². The molecule has 42 heavy (non-hydrogen) atoms. The predicted octanol–water partition coefficient (Wildman–Crippen LogP) is 5.98. The zero-order valence-electron chi connectivity index (χ0n) is 24.6. The summed E-state index contributed by atoms with van der Waals surface area (Å²) in [4.78, 5) is 46.2. The maximum Gasteiger partial charge on any atom is 0.332 e. The molecule has 0 aliphatic carbocycles. The van der Waals surface area contributed by atoms with Gasteiger partial charge in [-0.3, -0.25) is 9.59 Å². The van der Waals surface area contributed by atoms with Crippen LogP contribution in [0.15, 0.2) is 102 Å². The largest absolute Gasteiger partial charge is 0.378 e. The molecule has 0 radical (unpaired) electrons. The van der Waals surface area contributed by atoms with Crippen LogP contribution in [0, 0.1) is 0 Å². The Bertz CT molecular complexity index is 1460. The Morgan fingerprint density at radius 3 is 1.19 bits per heavy atom. The van der Waals surface area contributed by atoms with Crippen LogP contribution < -0.4 is 9.80 Å². The first-order valence-electron chi connectivity index (χ1n) is 13.7. The highest BCUT2D eigenvalue weighted by atomic mass is 16.7. The minimum absolute atomic E-state index is 0.0284. The average molecular weight is 562 g/mol. The van der Waals surface area contributed by atoms with Crippen LogP contribution in [0.1, 0.15) is 49.9 Å². The minimum atomic E-state index is -0.530. The third kappa shape index (κ3) is 7.79. The van der Waals surface area contributed by atoms with Crippen LogP contribution in [0.5, 0.6) is 0 Å². The molecular formula is C35H35N3O4. The van der Waals surface area contributed by atoms with Gasteiger partial charge in [0.05, 0.1) is 0 Å². The van der Waals surface area contributed by atoms with Crippen LogP contribution in [0.4, 0.5) is 11.4 Å². The van der Waals surface area contributed by atoms with Gasteiger partial charge in [-0.25, -0.2) is 4.79 Å². The number of rotatable bonds is 11. The van der Waals surface area contributed by atoms with Gasteiger partial charge < -0.3 is 14.6 Å². The second-order valence-electron chi connectivity index (χ2n) is 10.5. The first-order valence-corrected chi connectivity index (χ1v) is 13.7. The Labute approximate surface area is 247 Å². The number of carbonyl (C=O) groups excluding carboxylic acids is 3. The average Bonchev–Trinajstić information content (AvgIpc) is 2.98. The van der Waals surface area contributed by atoms with Crippen molar-refractivity contribution in [3.63, 3.8) is 0 Å². The minimum Gasteiger partial charge on any atom is -0.378 e. The summed E-state index contributed by atoms with van der Waals surface area (Å²) in [5, 5.41) is 4.11. The highest BCUT2D eigenvalue weighted by molar-refractivity contribution is 6.13. The topological polar surface area (TPSA) is 79.3 Å². The molecule has 0 aliphatic heterocycles. The molecule has 0 fully saturated rings. The fourth-order valence-electron chi connectivity index (χ4n) is 4.41. The van der Waals surface area contributed by atoms with Crippen LogP contribution in [0.3, 0.4) is 0 Å². The van der Waals surface area contributed by atoms with Crippen molar-refractivity contribution in [2.45, 2.75) is 19.8 Å². The van der Waals surface area contributed by atoms with E-state index in [0.717, 1.165) is 33.6 Å². The molecular weight excluding hydrogens is 526 g/mol. The molecule has 0 unspecified atom stereocenters. The molecule has 0 spiro atoms. The maximum absolute atomic E-state index is 12.8. The van der Waals surface area contributed by atoms with Crippen LogP contribution in [0.2, 0.25) is 0 Å². The predicted molar refractivity (Wildman–Crippen MR) is 168 cm³/mol. The van der Waals surface area contributed by atoms with E-state index in [1.54, 1.807) is 0 Å². The van der Waals surface area contributed by atoms with Crippen LogP contribution in [-0.4, -0.2) is 51.4 Å². The molecule has 4 aromatic rings. The molecule has 0 aliphatic rings. The summed E-state index contributed by atoms with van der Waals surface area (Å²) >= 11 is 0. The molecule has 7 nitrogen and oxygen atoms in total. The lowest BCUT2D eigenvalue weighted by Gasteiger charge is -2.12. The van der Waals surface area contributed by atoms with Crippen molar-refractivity contribution in [2.75, 3.05) is 38.0 Å². The normalized spacial score (nSPS) is 10.5. The van der Waals surface area contributed by atoms with Gasteiger partial charge in [0.2, 0.25) is 0 Å². The second kappa shape index (κ2) is 13.5. The third-order valence-electron chi connectivity index (χ3n) is 6.86. The van der Waals surface area contributed by atoms with Gasteiger partial charge in [-0.2, -0.15) is 0 Å². The Morgan fingerprint density at radius 1 is 0.548 bits per heavy atom. The SMILES string of the molecule is CC(=O)ON=C(c1ccc(CC(=O)c2ccc(N(C)C)cc2)cc1)c1ccc(CC(=O)c2ccc(N(C)C)cc2)cc1. The summed E-state index contributed by atoms with van der Waals surface area (Å²) in [5.41, 5.74) is 7.03. The number of hydrogen-bond acceptors (Lipinski definition) is 7. The Hall–Kier alpha value is -5.04. The van der Waals surface area contributed by atoms with Gasteiger partial charge in [-0.05, 0) is 59.7 Å². The Balaban J connectivity index is 1.47. The van der Waals surface area contributed by atoms with E-state index in [4.69, 9.17) is 4.84 Å². The first kappa shape index (κ1) is 29.9. The van der Waals surface area contributed by atoms with E-state index in [0.29, 0.717) is 16.8 Å². The molecule has 7 heteroatoms. The number of carbonyl (C=O) groups is 3. The number of Topliss-reactive ketones (excluding diaryl/α,β-unsaturated/α-hetero) is 2. The monoisotopic (exact) mass is 561 g/mol. The van der Waals surface area contributed by atoms with E-state index < -0.39 is 5.97 Å². The van der Waals surface area contributed by atoms with Gasteiger partial charge in [-0.1, -0.05) is 53.7 Å². The Kier molecular flexibility index (Phi) is 9.65. The van der Waals surface area contributed by atoms with Crippen LogP contribution in [0.25, 0.3) is 0 Å². The molecule has 0 amide bonds. The van der Waals surface area contributed by atoms with E-state index in [-0.39, 0.29) is 24.4 Å². The van der Waals surface area contributed by atoms with E-state index >= 15 is 0 Å². The van der Waals surface area contributed by atoms with Gasteiger partial charge in [0, 0.05) is 81.6 Å². The fraction of sp³-hybridized carbons (Fsp3) is 0.200. The molecule has 0 N–H and O–H groups in total. The zero-order chi connectivity index (χ0) is 30.2. The molecule has 0 heterocycles. The lowest BCUT2D eigenvalue weighted by molar-refractivity contribution is -0.140. The van der Waals surface area contributed by atoms with E-state index in [1.165, 1.54) is 6.92 Å². The highest BCUT2D eigenvalue weighted by Crippen LogP contribution is 2.19. The molecule has 214 valence electrons. The number of oxime groups is 1. The van der Waals surface area contributed by atoms with Crippen LogP contribution in [-0.2, 0) is 22.5 Å². The molecule has 0 saturated carbocycles. The molecule has 0 atom stereocenters. The van der Waals surface area contributed by atoms with Crippen molar-refractivity contribution in [2.24, 2.45) is 5.16 Å². The third-order valence-corrected chi connectivity index (χ3v) is 6.86. The molecule has 0 saturated heterocycles. The van der Waals surface area contributed by atoms with Gasteiger partial charge in [-0.15, -0.1) is 0 Å². The van der Waals surface area contributed by atoms with Gasteiger partial charge in [0.25, 0.3) is 0 Å². The number of benzene rings is 4. The number of anilines is 2. The second-order valence-corrected chi connectivity index (χ2v) is 10.5. The summed E-state index contributed by atoms with van der Waals surface area (Å²) < 4.78 is 0. The standard InChI is InChI=1S/C35H35N3O4/c1-24(39)42-36-35(29-10-6-25(7-11-29)22-33(40)27-14-18-31(19-15-27)37(2)3)30-12-8-26(9-13-30)23-34(41)28-16-20-32(21-17-28)38(4)5/h6-21H,22-23H2,1-5H3. The van der Waals surface area contributed by atoms with Gasteiger partial charge >= 0.3 is 5.97 Å². The Morgan fingerprint density at radius 2 is 0.881 bits per heavy atom. The summed E-state index contributed by atoms with van der Waals surface area (Å²) in [5.74, 6) is -0.473. The number of ketones is 2. The lowest BCUT2D eigenvalue weighted by Crippen LogP contribution is -2.10. The molecule has 0 bridgehead atoms. The van der Waals surface area contributed by atoms with E-state index in [1.807, 2.05) is 135 Å². The smallest absolute Gasteiger partial charge is 0.332 e. The molecule has 4 aromatic carbocycles. The maximum atomic E-state index is 12.8. The summed E-state index contributed by atoms with van der Waals surface area (Å²) in [6.45, 7) is 1.29. The van der Waals surface area contributed by atoms with Gasteiger partial charge in [0.15, 0.2) is 11.6 Å². The summed E-state index contributed by atoms with van der Waals surface area (Å²) in [7, 11) is 7.83. The van der Waals surface area contributed by atoms with Crippen molar-refractivity contribution in [1.29, 1.82) is 0 Å². The van der Waals surface area contributed by atoms with Crippen molar-refractivity contribution in [1.82, 2.24) is 0 Å². The molecule has 0 aromatic heterocycles. The lowest BCUT2D eigenvalue weighted by atomic mass is 9.96. The van der Waals surface area contributed by atoms with Crippen molar-refractivity contribution < 1.29 is 19.2 Å². The zero-order valence-corrected chi connectivity index (χ0v) is 24.6.